The Kier molecular flexibility index (Phi) is 4.25. The lowest BCUT2D eigenvalue weighted by atomic mass is 10.0. The van der Waals surface area contributed by atoms with Gasteiger partial charge >= 0.3 is 0 Å². The molecule has 1 N–H and O–H groups in total. The maximum absolute atomic E-state index is 5.99. The average Bonchev–Trinajstić information content (AvgIpc) is 2.45. The lowest BCUT2D eigenvalue weighted by Crippen LogP contribution is -2.42. The van der Waals surface area contributed by atoms with Gasteiger partial charge in [0.25, 0.3) is 0 Å². The van der Waals surface area contributed by atoms with Gasteiger partial charge in [0.2, 0.25) is 5.95 Å². The van der Waals surface area contributed by atoms with Gasteiger partial charge in [-0.25, -0.2) is 9.97 Å². The van der Waals surface area contributed by atoms with Crippen LogP contribution in [0.1, 0.15) is 13.3 Å². The molecule has 18 heavy (non-hydrogen) atoms. The summed E-state index contributed by atoms with van der Waals surface area (Å²) in [6, 6.07) is 7.86. The first-order chi connectivity index (χ1) is 8.73. The Balaban J connectivity index is 2.31. The summed E-state index contributed by atoms with van der Waals surface area (Å²) in [5.74, 6) is 1.41. The highest BCUT2D eigenvalue weighted by Crippen LogP contribution is 2.21. The summed E-state index contributed by atoms with van der Waals surface area (Å²) in [7, 11) is 0. The van der Waals surface area contributed by atoms with Crippen LogP contribution in [-0.4, -0.2) is 27.3 Å². The van der Waals surface area contributed by atoms with Crippen LogP contribution in [0.5, 0.6) is 0 Å². The van der Waals surface area contributed by atoms with Crippen LogP contribution < -0.4 is 5.32 Å². The fourth-order valence-corrected chi connectivity index (χ4v) is 2.45. The Morgan fingerprint density at radius 3 is 2.61 bits per heavy atom. The smallest absolute Gasteiger partial charge is 0.223 e. The number of fused-ring (bicyclic) bond motifs is 1. The number of halogens is 2. The van der Waals surface area contributed by atoms with Crippen molar-refractivity contribution in [2.75, 3.05) is 17.1 Å². The van der Waals surface area contributed by atoms with Crippen molar-refractivity contribution >= 4 is 40.1 Å². The van der Waals surface area contributed by atoms with Gasteiger partial charge in [0.1, 0.15) is 0 Å². The Labute approximate surface area is 117 Å². The molecular formula is C13H15Cl2N3. The maximum atomic E-state index is 5.99. The third-order valence-electron chi connectivity index (χ3n) is 3.05. The van der Waals surface area contributed by atoms with Gasteiger partial charge in [-0.2, -0.15) is 0 Å². The van der Waals surface area contributed by atoms with E-state index in [0.717, 1.165) is 17.3 Å². The molecule has 0 saturated carbocycles. The highest BCUT2D eigenvalue weighted by atomic mass is 35.5. The van der Waals surface area contributed by atoms with Gasteiger partial charge in [0.15, 0.2) is 0 Å². The Hall–Kier alpha value is -1.06. The van der Waals surface area contributed by atoms with Crippen molar-refractivity contribution in [1.29, 1.82) is 0 Å². The van der Waals surface area contributed by atoms with Crippen molar-refractivity contribution in [3.63, 3.8) is 0 Å². The van der Waals surface area contributed by atoms with Crippen LogP contribution >= 0.6 is 23.2 Å². The van der Waals surface area contributed by atoms with E-state index in [1.165, 1.54) is 0 Å². The van der Waals surface area contributed by atoms with Gasteiger partial charge < -0.3 is 5.32 Å². The third-order valence-corrected chi connectivity index (χ3v) is 4.08. The monoisotopic (exact) mass is 283 g/mol. The molecule has 0 saturated heterocycles. The summed E-state index contributed by atoms with van der Waals surface area (Å²) in [4.78, 5) is 8.76. The van der Waals surface area contributed by atoms with Crippen molar-refractivity contribution in [3.8, 4) is 0 Å². The highest BCUT2D eigenvalue weighted by molar-refractivity contribution is 6.22. The molecule has 1 heterocycles. The summed E-state index contributed by atoms with van der Waals surface area (Å²) in [5.41, 5.74) is 0.551. The minimum absolute atomic E-state index is 0.356. The molecule has 0 bridgehead atoms. The molecule has 5 heteroatoms. The molecule has 0 unspecified atom stereocenters. The van der Waals surface area contributed by atoms with E-state index in [2.05, 4.69) is 15.3 Å². The summed E-state index contributed by atoms with van der Waals surface area (Å²) >= 11 is 12.0. The number of nitrogens with one attached hydrogen (secondary N) is 1. The van der Waals surface area contributed by atoms with Gasteiger partial charge in [-0.1, -0.05) is 25.1 Å². The predicted molar refractivity (Wildman–Crippen MR) is 77.6 cm³/mol. The Morgan fingerprint density at radius 1 is 1.22 bits per heavy atom. The number of aromatic nitrogens is 2. The third kappa shape index (κ3) is 2.68. The van der Waals surface area contributed by atoms with Crippen molar-refractivity contribution in [3.05, 3.63) is 30.5 Å². The Bertz CT molecular complexity index is 518. The fraction of sp³-hybridized carbons (Fsp3) is 0.385. The van der Waals surface area contributed by atoms with Crippen LogP contribution in [0.15, 0.2) is 30.5 Å². The number of nitrogens with zero attached hydrogens (tertiary/aromatic N) is 2. The molecule has 0 amide bonds. The number of hydrogen-bond donors (Lipinski definition) is 1. The first-order valence-corrected chi connectivity index (χ1v) is 6.92. The molecule has 1 aromatic carbocycles. The SMILES string of the molecule is CCC(CCl)(CCl)Nc1ncc2ccccc2n1. The molecule has 1 aromatic heterocycles. The average molecular weight is 284 g/mol. The lowest BCUT2D eigenvalue weighted by molar-refractivity contribution is 0.555. The molecule has 0 radical (unpaired) electrons. The molecule has 96 valence electrons. The maximum Gasteiger partial charge on any atom is 0.223 e. The highest BCUT2D eigenvalue weighted by Gasteiger charge is 2.26. The summed E-state index contributed by atoms with van der Waals surface area (Å²) in [5, 5.41) is 4.26. The number of benzene rings is 1. The number of anilines is 1. The lowest BCUT2D eigenvalue weighted by Gasteiger charge is -2.29. The zero-order chi connectivity index (χ0) is 13.0. The molecule has 2 rings (SSSR count). The summed E-state index contributed by atoms with van der Waals surface area (Å²) < 4.78 is 0. The molecular weight excluding hydrogens is 269 g/mol. The predicted octanol–water partition coefficient (Wildman–Crippen LogP) is 3.67. The topological polar surface area (TPSA) is 37.8 Å². The summed E-state index contributed by atoms with van der Waals surface area (Å²) in [6.45, 7) is 2.04. The zero-order valence-electron chi connectivity index (χ0n) is 10.2. The number of para-hydroxylation sites is 1. The van der Waals surface area contributed by atoms with Crippen LogP contribution in [0.25, 0.3) is 10.9 Å². The second-order valence-electron chi connectivity index (χ2n) is 4.28. The second kappa shape index (κ2) is 5.72. The van der Waals surface area contributed by atoms with Gasteiger partial charge in [-0.3, -0.25) is 0 Å². The molecule has 0 spiro atoms. The number of alkyl halides is 2. The van der Waals surface area contributed by atoms with E-state index in [1.54, 1.807) is 6.20 Å². The van der Waals surface area contributed by atoms with E-state index in [0.29, 0.717) is 17.7 Å². The molecule has 0 aliphatic rings. The minimum Gasteiger partial charge on any atom is -0.346 e. The van der Waals surface area contributed by atoms with Gasteiger partial charge in [0, 0.05) is 23.3 Å². The van der Waals surface area contributed by atoms with Crippen LogP contribution in [0.3, 0.4) is 0 Å². The van der Waals surface area contributed by atoms with Crippen molar-refractivity contribution in [1.82, 2.24) is 9.97 Å². The van der Waals surface area contributed by atoms with Gasteiger partial charge in [0.05, 0.1) is 11.1 Å². The number of hydrogen-bond acceptors (Lipinski definition) is 3. The molecule has 3 nitrogen and oxygen atoms in total. The summed E-state index contributed by atoms with van der Waals surface area (Å²) in [6.07, 6.45) is 2.61. The second-order valence-corrected chi connectivity index (χ2v) is 4.81. The Morgan fingerprint density at radius 2 is 1.94 bits per heavy atom. The molecule has 0 fully saturated rings. The van der Waals surface area contributed by atoms with E-state index in [4.69, 9.17) is 23.2 Å². The number of rotatable bonds is 5. The van der Waals surface area contributed by atoms with Gasteiger partial charge in [-0.15, -0.1) is 23.2 Å². The van der Waals surface area contributed by atoms with E-state index in [-0.39, 0.29) is 5.54 Å². The molecule has 2 aromatic rings. The standard InChI is InChI=1S/C13H15Cl2N3/c1-2-13(8-14,9-15)18-12-16-7-10-5-3-4-6-11(10)17-12/h3-7H,2,8-9H2,1H3,(H,16,17,18). The van der Waals surface area contributed by atoms with Crippen LogP contribution in [0, 0.1) is 0 Å². The molecule has 0 aliphatic heterocycles. The van der Waals surface area contributed by atoms with Crippen molar-refractivity contribution < 1.29 is 0 Å². The van der Waals surface area contributed by atoms with Gasteiger partial charge in [-0.05, 0) is 12.5 Å². The van der Waals surface area contributed by atoms with Crippen LogP contribution in [0.2, 0.25) is 0 Å². The van der Waals surface area contributed by atoms with Crippen LogP contribution in [-0.2, 0) is 0 Å². The van der Waals surface area contributed by atoms with Crippen molar-refractivity contribution in [2.24, 2.45) is 0 Å². The van der Waals surface area contributed by atoms with Crippen LogP contribution in [0.4, 0.5) is 5.95 Å². The van der Waals surface area contributed by atoms with E-state index in [1.807, 2.05) is 31.2 Å². The van der Waals surface area contributed by atoms with E-state index in [9.17, 15) is 0 Å². The molecule has 0 aliphatic carbocycles. The quantitative estimate of drug-likeness (QED) is 0.851. The van der Waals surface area contributed by atoms with Crippen molar-refractivity contribution in [2.45, 2.75) is 18.9 Å². The first-order valence-electron chi connectivity index (χ1n) is 5.85. The normalized spacial score (nSPS) is 11.7. The molecule has 0 atom stereocenters. The van der Waals surface area contributed by atoms with E-state index < -0.39 is 0 Å². The zero-order valence-corrected chi connectivity index (χ0v) is 11.7. The first kappa shape index (κ1) is 13.4. The minimum atomic E-state index is -0.356. The van der Waals surface area contributed by atoms with E-state index >= 15 is 0 Å². The fourth-order valence-electron chi connectivity index (χ4n) is 1.65. The largest absolute Gasteiger partial charge is 0.346 e.